The van der Waals surface area contributed by atoms with E-state index in [1.54, 1.807) is 26.5 Å². The number of ether oxygens (including phenoxy) is 3. The van der Waals surface area contributed by atoms with Gasteiger partial charge in [0.2, 0.25) is 0 Å². The van der Waals surface area contributed by atoms with E-state index in [9.17, 15) is 4.21 Å². The number of benzene rings is 1. The highest BCUT2D eigenvalue weighted by Crippen LogP contribution is 2.35. The average molecular weight is 258 g/mol. The third-order valence-corrected chi connectivity index (χ3v) is 3.03. The van der Waals surface area contributed by atoms with Crippen molar-refractivity contribution in [3.63, 3.8) is 0 Å². The topological polar surface area (TPSA) is 44.8 Å². The van der Waals surface area contributed by atoms with Crippen LogP contribution >= 0.6 is 0 Å². The molecule has 0 fully saturated rings. The maximum absolute atomic E-state index is 11.0. The zero-order chi connectivity index (χ0) is 12.8. The first-order chi connectivity index (χ1) is 8.08. The minimum Gasteiger partial charge on any atom is -0.497 e. The highest BCUT2D eigenvalue weighted by Gasteiger charge is 2.10. The fourth-order valence-corrected chi connectivity index (χ4v) is 1.74. The van der Waals surface area contributed by atoms with Gasteiger partial charge in [-0.1, -0.05) is 0 Å². The van der Waals surface area contributed by atoms with Crippen LogP contribution in [0.1, 0.15) is 5.56 Å². The molecule has 1 unspecified atom stereocenters. The van der Waals surface area contributed by atoms with Crippen LogP contribution < -0.4 is 14.2 Å². The van der Waals surface area contributed by atoms with Gasteiger partial charge in [-0.15, -0.1) is 0 Å². The summed E-state index contributed by atoms with van der Waals surface area (Å²) in [5.41, 5.74) is 0.933. The Morgan fingerprint density at radius 3 is 2.47 bits per heavy atom. The van der Waals surface area contributed by atoms with Crippen molar-refractivity contribution in [3.8, 4) is 17.2 Å². The number of hydrogen-bond acceptors (Lipinski definition) is 4. The van der Waals surface area contributed by atoms with Crippen molar-refractivity contribution in [2.75, 3.05) is 32.8 Å². The summed E-state index contributed by atoms with van der Waals surface area (Å²) in [5.74, 6) is 2.54. The monoisotopic (exact) mass is 258 g/mol. The molecular weight excluding hydrogens is 240 g/mol. The van der Waals surface area contributed by atoms with Crippen LogP contribution in [0.2, 0.25) is 0 Å². The Bertz CT molecular complexity index is 404. The highest BCUT2D eigenvalue weighted by atomic mass is 32.2. The van der Waals surface area contributed by atoms with Crippen molar-refractivity contribution < 1.29 is 18.4 Å². The fraction of sp³-hybridized carbons (Fsp3) is 0.500. The number of rotatable bonds is 6. The molecular formula is C12H18O4S. The largest absolute Gasteiger partial charge is 0.497 e. The normalized spacial score (nSPS) is 12.0. The van der Waals surface area contributed by atoms with E-state index in [1.165, 1.54) is 0 Å². The molecule has 4 nitrogen and oxygen atoms in total. The molecule has 0 bridgehead atoms. The first kappa shape index (κ1) is 13.8. The highest BCUT2D eigenvalue weighted by molar-refractivity contribution is 7.84. The van der Waals surface area contributed by atoms with Crippen molar-refractivity contribution >= 4 is 10.8 Å². The van der Waals surface area contributed by atoms with Crippen molar-refractivity contribution in [2.24, 2.45) is 0 Å². The average Bonchev–Trinajstić information content (AvgIpc) is 2.30. The van der Waals surface area contributed by atoms with Gasteiger partial charge in [-0.3, -0.25) is 4.21 Å². The molecule has 0 aliphatic carbocycles. The van der Waals surface area contributed by atoms with Crippen LogP contribution in [0.15, 0.2) is 12.1 Å². The molecule has 0 spiro atoms. The van der Waals surface area contributed by atoms with Crippen LogP contribution in [0.4, 0.5) is 0 Å². The Kier molecular flexibility index (Phi) is 5.28. The lowest BCUT2D eigenvalue weighted by Gasteiger charge is -2.14. The molecule has 0 aliphatic rings. The van der Waals surface area contributed by atoms with Crippen molar-refractivity contribution in [1.82, 2.24) is 0 Å². The Morgan fingerprint density at radius 1 is 1.24 bits per heavy atom. The molecule has 0 N–H and O–H groups in total. The van der Waals surface area contributed by atoms with Gasteiger partial charge in [0.25, 0.3) is 0 Å². The van der Waals surface area contributed by atoms with Crippen LogP contribution in [0.3, 0.4) is 0 Å². The van der Waals surface area contributed by atoms with Gasteiger partial charge >= 0.3 is 0 Å². The van der Waals surface area contributed by atoms with Gasteiger partial charge in [-0.05, 0) is 18.6 Å². The minimum absolute atomic E-state index is 0.409. The van der Waals surface area contributed by atoms with E-state index in [0.717, 1.165) is 11.3 Å². The van der Waals surface area contributed by atoms with Gasteiger partial charge in [-0.25, -0.2) is 0 Å². The summed E-state index contributed by atoms with van der Waals surface area (Å²) >= 11 is 0. The maximum atomic E-state index is 11.0. The molecule has 0 saturated heterocycles. The molecule has 1 aromatic carbocycles. The second-order valence-electron chi connectivity index (χ2n) is 3.60. The third kappa shape index (κ3) is 3.93. The lowest BCUT2D eigenvalue weighted by atomic mass is 10.2. The number of methoxy groups -OCH3 is 2. The molecule has 0 aliphatic heterocycles. The number of hydrogen-bond donors (Lipinski definition) is 0. The summed E-state index contributed by atoms with van der Waals surface area (Å²) in [4.78, 5) is 0. The lowest BCUT2D eigenvalue weighted by molar-refractivity contribution is 0.308. The predicted octanol–water partition coefficient (Wildman–Crippen LogP) is 1.77. The molecule has 5 heteroatoms. The molecule has 17 heavy (non-hydrogen) atoms. The Balaban J connectivity index is 2.86. The molecule has 0 aromatic heterocycles. The summed E-state index contributed by atoms with van der Waals surface area (Å²) in [6.45, 7) is 2.33. The SMILES string of the molecule is COc1cc(C)c(OCCS(C)=O)c(OC)c1. The lowest BCUT2D eigenvalue weighted by Crippen LogP contribution is -2.08. The van der Waals surface area contributed by atoms with E-state index >= 15 is 0 Å². The zero-order valence-electron chi connectivity index (χ0n) is 10.6. The van der Waals surface area contributed by atoms with E-state index in [1.807, 2.05) is 13.0 Å². The second-order valence-corrected chi connectivity index (χ2v) is 5.16. The Labute approximate surface area is 104 Å². The van der Waals surface area contributed by atoms with Crippen molar-refractivity contribution in [2.45, 2.75) is 6.92 Å². The van der Waals surface area contributed by atoms with Crippen molar-refractivity contribution in [1.29, 1.82) is 0 Å². The third-order valence-electron chi connectivity index (χ3n) is 2.29. The van der Waals surface area contributed by atoms with E-state index in [2.05, 4.69) is 0 Å². The van der Waals surface area contributed by atoms with Gasteiger partial charge in [0.15, 0.2) is 11.5 Å². The van der Waals surface area contributed by atoms with Gasteiger partial charge in [0.1, 0.15) is 5.75 Å². The van der Waals surface area contributed by atoms with Gasteiger partial charge < -0.3 is 14.2 Å². The molecule has 1 atom stereocenters. The molecule has 0 saturated carbocycles. The summed E-state index contributed by atoms with van der Waals surface area (Å²) in [6.07, 6.45) is 1.65. The molecule has 96 valence electrons. The first-order valence-electron chi connectivity index (χ1n) is 5.24. The van der Waals surface area contributed by atoms with E-state index < -0.39 is 10.8 Å². The maximum Gasteiger partial charge on any atom is 0.164 e. The molecule has 0 radical (unpaired) electrons. The van der Waals surface area contributed by atoms with E-state index in [4.69, 9.17) is 14.2 Å². The van der Waals surface area contributed by atoms with Crippen LogP contribution in [0.25, 0.3) is 0 Å². The van der Waals surface area contributed by atoms with Crippen LogP contribution in [-0.4, -0.2) is 37.0 Å². The summed E-state index contributed by atoms with van der Waals surface area (Å²) in [7, 11) is 2.34. The van der Waals surface area contributed by atoms with Crippen LogP contribution in [0.5, 0.6) is 17.2 Å². The van der Waals surface area contributed by atoms with E-state index in [0.29, 0.717) is 23.9 Å². The predicted molar refractivity (Wildman–Crippen MR) is 68.7 cm³/mol. The Morgan fingerprint density at radius 2 is 1.94 bits per heavy atom. The molecule has 0 amide bonds. The van der Waals surface area contributed by atoms with E-state index in [-0.39, 0.29) is 0 Å². The van der Waals surface area contributed by atoms with Crippen LogP contribution in [0, 0.1) is 6.92 Å². The quantitative estimate of drug-likeness (QED) is 0.780. The molecule has 0 heterocycles. The standard InChI is InChI=1S/C12H18O4S/c1-9-7-10(14-2)8-11(15-3)12(9)16-5-6-17(4)13/h7-8H,5-6H2,1-4H3. The van der Waals surface area contributed by atoms with Gasteiger partial charge in [-0.2, -0.15) is 0 Å². The second kappa shape index (κ2) is 6.49. The van der Waals surface area contributed by atoms with Gasteiger partial charge in [0, 0.05) is 23.1 Å². The molecule has 1 rings (SSSR count). The zero-order valence-corrected chi connectivity index (χ0v) is 11.4. The summed E-state index contributed by atoms with van der Waals surface area (Å²) in [6, 6.07) is 3.64. The summed E-state index contributed by atoms with van der Waals surface area (Å²) in [5, 5.41) is 0. The summed E-state index contributed by atoms with van der Waals surface area (Å²) < 4.78 is 26.9. The number of aryl methyl sites for hydroxylation is 1. The van der Waals surface area contributed by atoms with Crippen molar-refractivity contribution in [3.05, 3.63) is 17.7 Å². The smallest absolute Gasteiger partial charge is 0.164 e. The Hall–Kier alpha value is -1.23. The first-order valence-corrected chi connectivity index (χ1v) is 6.96. The van der Waals surface area contributed by atoms with Crippen LogP contribution in [-0.2, 0) is 10.8 Å². The molecule has 1 aromatic rings. The van der Waals surface area contributed by atoms with Gasteiger partial charge in [0.05, 0.1) is 26.6 Å². The minimum atomic E-state index is -0.851. The fourth-order valence-electron chi connectivity index (χ4n) is 1.43.